The van der Waals surface area contributed by atoms with Crippen LogP contribution in [0.1, 0.15) is 48.4 Å². The maximum Gasteiger partial charge on any atom is 0.338 e. The molecule has 2 aromatic rings. The van der Waals surface area contributed by atoms with Crippen LogP contribution in [-0.2, 0) is 9.47 Å². The Morgan fingerprint density at radius 1 is 0.806 bits per heavy atom. The van der Waals surface area contributed by atoms with Gasteiger partial charge in [0.1, 0.15) is 11.5 Å². The molecule has 8 heteroatoms. The lowest BCUT2D eigenvalue weighted by Crippen LogP contribution is -2.07. The molecule has 31 heavy (non-hydrogen) atoms. The molecule has 0 aliphatic carbocycles. The van der Waals surface area contributed by atoms with Crippen LogP contribution in [0, 0.1) is 6.57 Å². The summed E-state index contributed by atoms with van der Waals surface area (Å²) in [5.41, 5.74) is 1.16. The topological polar surface area (TPSA) is 75.4 Å². The minimum Gasteiger partial charge on any atom is -0.492 e. The SMILES string of the molecule is COC(=O)c1cc(Br)cc(OC(C)C)c1.[C-]#[N+]c1cc(OC(C)C)cc(C(=O)OC)c1. The maximum atomic E-state index is 11.3. The van der Waals surface area contributed by atoms with Crippen LogP contribution in [0.4, 0.5) is 5.69 Å². The summed E-state index contributed by atoms with van der Waals surface area (Å²) in [4.78, 5) is 25.9. The minimum atomic E-state index is -0.473. The fourth-order valence-corrected chi connectivity index (χ4v) is 2.83. The number of hydrogen-bond donors (Lipinski definition) is 0. The summed E-state index contributed by atoms with van der Waals surface area (Å²) in [6.45, 7) is 14.5. The predicted octanol–water partition coefficient (Wildman–Crippen LogP) is 5.83. The number of benzene rings is 2. The molecule has 7 nitrogen and oxygen atoms in total. The summed E-state index contributed by atoms with van der Waals surface area (Å²) in [5.74, 6) is 0.313. The van der Waals surface area contributed by atoms with Crippen molar-refractivity contribution in [1.82, 2.24) is 0 Å². The number of hydrogen-bond acceptors (Lipinski definition) is 6. The molecular weight excluding hydrogens is 466 g/mol. The Hall–Kier alpha value is -3.05. The first-order chi connectivity index (χ1) is 14.6. The van der Waals surface area contributed by atoms with E-state index in [-0.39, 0.29) is 18.2 Å². The first kappa shape index (κ1) is 26.0. The van der Waals surface area contributed by atoms with Crippen molar-refractivity contribution >= 4 is 33.6 Å². The largest absolute Gasteiger partial charge is 0.492 e. The number of ether oxygens (including phenoxy) is 4. The monoisotopic (exact) mass is 491 g/mol. The van der Waals surface area contributed by atoms with E-state index in [0.29, 0.717) is 28.3 Å². The Morgan fingerprint density at radius 2 is 1.26 bits per heavy atom. The fraction of sp³-hybridized carbons (Fsp3) is 0.348. The lowest BCUT2D eigenvalue weighted by atomic mass is 10.2. The molecule has 0 amide bonds. The van der Waals surface area contributed by atoms with Crippen LogP contribution in [0.5, 0.6) is 11.5 Å². The van der Waals surface area contributed by atoms with E-state index in [0.717, 1.165) is 4.47 Å². The maximum absolute atomic E-state index is 11.3. The van der Waals surface area contributed by atoms with Gasteiger partial charge in [-0.1, -0.05) is 15.9 Å². The second-order valence-corrected chi connectivity index (χ2v) is 7.74. The Bertz CT molecular complexity index is 950. The molecule has 0 aromatic heterocycles. The summed E-state index contributed by atoms with van der Waals surface area (Å²) < 4.78 is 21.0. The summed E-state index contributed by atoms with van der Waals surface area (Å²) >= 11 is 3.31. The van der Waals surface area contributed by atoms with Crippen LogP contribution >= 0.6 is 15.9 Å². The lowest BCUT2D eigenvalue weighted by Gasteiger charge is -2.11. The highest BCUT2D eigenvalue weighted by molar-refractivity contribution is 9.10. The van der Waals surface area contributed by atoms with Crippen LogP contribution in [0.3, 0.4) is 0 Å². The quantitative estimate of drug-likeness (QED) is 0.373. The molecule has 166 valence electrons. The van der Waals surface area contributed by atoms with Gasteiger partial charge < -0.3 is 18.9 Å². The van der Waals surface area contributed by atoms with E-state index in [2.05, 4.69) is 30.2 Å². The molecule has 0 unspecified atom stereocenters. The average molecular weight is 492 g/mol. The average Bonchev–Trinajstić information content (AvgIpc) is 2.71. The van der Waals surface area contributed by atoms with E-state index in [1.807, 2.05) is 33.8 Å². The van der Waals surface area contributed by atoms with Crippen molar-refractivity contribution < 1.29 is 28.5 Å². The molecule has 0 heterocycles. The number of nitrogens with zero attached hydrogens (tertiary/aromatic N) is 1. The van der Waals surface area contributed by atoms with Crippen LogP contribution in [0.25, 0.3) is 4.85 Å². The van der Waals surface area contributed by atoms with Crippen LogP contribution < -0.4 is 9.47 Å². The molecule has 0 aliphatic heterocycles. The third-order valence-corrected chi connectivity index (χ3v) is 3.94. The molecule has 0 radical (unpaired) electrons. The van der Waals surface area contributed by atoms with Crippen molar-refractivity contribution in [2.45, 2.75) is 39.9 Å². The number of halogens is 1. The van der Waals surface area contributed by atoms with Gasteiger partial charge in [0.2, 0.25) is 0 Å². The smallest absolute Gasteiger partial charge is 0.338 e. The van der Waals surface area contributed by atoms with Gasteiger partial charge in [-0.15, -0.1) is 0 Å². The molecule has 2 rings (SSSR count). The van der Waals surface area contributed by atoms with Crippen molar-refractivity contribution in [2.75, 3.05) is 14.2 Å². The molecule has 0 spiro atoms. The highest BCUT2D eigenvalue weighted by Crippen LogP contribution is 2.25. The molecule has 0 aliphatic rings. The molecular formula is C23H26BrNO6. The van der Waals surface area contributed by atoms with Crippen molar-refractivity contribution in [1.29, 1.82) is 0 Å². The van der Waals surface area contributed by atoms with Gasteiger partial charge in [0, 0.05) is 4.47 Å². The Balaban J connectivity index is 0.000000311. The normalized spacial score (nSPS) is 9.94. The van der Waals surface area contributed by atoms with Crippen molar-refractivity contribution in [2.24, 2.45) is 0 Å². The van der Waals surface area contributed by atoms with Gasteiger partial charge in [-0.3, -0.25) is 0 Å². The first-order valence-electron chi connectivity index (χ1n) is 9.42. The van der Waals surface area contributed by atoms with Gasteiger partial charge in [-0.25, -0.2) is 14.4 Å². The van der Waals surface area contributed by atoms with E-state index >= 15 is 0 Å². The number of carbonyl (C=O) groups excluding carboxylic acids is 2. The zero-order valence-electron chi connectivity index (χ0n) is 18.4. The van der Waals surface area contributed by atoms with Crippen molar-refractivity contribution in [3.05, 3.63) is 63.4 Å². The highest BCUT2D eigenvalue weighted by atomic mass is 79.9. The summed E-state index contributed by atoms with van der Waals surface area (Å²) in [5, 5.41) is 0. The molecule has 2 aromatic carbocycles. The molecule has 0 fully saturated rings. The molecule has 0 saturated carbocycles. The Labute approximate surface area is 191 Å². The summed E-state index contributed by atoms with van der Waals surface area (Å²) in [6, 6.07) is 9.81. The van der Waals surface area contributed by atoms with Gasteiger partial charge in [0.05, 0.1) is 44.1 Å². The Morgan fingerprint density at radius 3 is 1.68 bits per heavy atom. The third-order valence-electron chi connectivity index (χ3n) is 3.48. The fourth-order valence-electron chi connectivity index (χ4n) is 2.36. The van der Waals surface area contributed by atoms with E-state index in [9.17, 15) is 9.59 Å². The van der Waals surface area contributed by atoms with E-state index in [4.69, 9.17) is 16.0 Å². The van der Waals surface area contributed by atoms with Gasteiger partial charge >= 0.3 is 11.9 Å². The summed E-state index contributed by atoms with van der Waals surface area (Å²) in [7, 11) is 2.65. The number of esters is 2. The van der Waals surface area contributed by atoms with Gasteiger partial charge in [-0.2, -0.15) is 0 Å². The van der Waals surface area contributed by atoms with Crippen molar-refractivity contribution in [3.63, 3.8) is 0 Å². The zero-order valence-corrected chi connectivity index (χ0v) is 20.0. The van der Waals surface area contributed by atoms with Crippen LogP contribution in [-0.4, -0.2) is 38.4 Å². The minimum absolute atomic E-state index is 0.00789. The second kappa shape index (κ2) is 12.6. The first-order valence-corrected chi connectivity index (χ1v) is 10.2. The van der Waals surface area contributed by atoms with E-state index in [1.165, 1.54) is 20.3 Å². The van der Waals surface area contributed by atoms with Crippen molar-refractivity contribution in [3.8, 4) is 11.5 Å². The zero-order chi connectivity index (χ0) is 23.6. The number of methoxy groups -OCH3 is 2. The second-order valence-electron chi connectivity index (χ2n) is 6.82. The summed E-state index contributed by atoms with van der Waals surface area (Å²) in [6.07, 6.45) is 0.0660. The van der Waals surface area contributed by atoms with Gasteiger partial charge in [-0.05, 0) is 64.1 Å². The van der Waals surface area contributed by atoms with Crippen LogP contribution in [0.15, 0.2) is 40.9 Å². The lowest BCUT2D eigenvalue weighted by molar-refractivity contribution is 0.0591. The molecule has 0 saturated heterocycles. The molecule has 0 N–H and O–H groups in total. The highest BCUT2D eigenvalue weighted by Gasteiger charge is 2.10. The standard InChI is InChI=1S/C12H13NO3.C11H13BrO3/c1-8(2)16-11-6-9(12(14)15-4)5-10(7-11)13-3;1-7(2)15-10-5-8(11(13)14-3)4-9(12)6-10/h5-8H,1-2,4H3;4-7H,1-3H3. The molecule has 0 atom stereocenters. The van der Waals surface area contributed by atoms with Crippen LogP contribution in [0.2, 0.25) is 0 Å². The van der Waals surface area contributed by atoms with E-state index < -0.39 is 5.97 Å². The molecule has 0 bridgehead atoms. The van der Waals surface area contributed by atoms with Gasteiger partial charge in [0.25, 0.3) is 0 Å². The van der Waals surface area contributed by atoms with Gasteiger partial charge in [0.15, 0.2) is 5.69 Å². The predicted molar refractivity (Wildman–Crippen MR) is 121 cm³/mol. The van der Waals surface area contributed by atoms with E-state index in [1.54, 1.807) is 24.3 Å². The third kappa shape index (κ3) is 9.09. The Kier molecular flexibility index (Phi) is 10.6. The number of carbonyl (C=O) groups is 2. The number of rotatable bonds is 6.